The first kappa shape index (κ1) is 13.8. The highest BCUT2D eigenvalue weighted by Gasteiger charge is 2.24. The maximum atomic E-state index is 9.92. The minimum absolute atomic E-state index is 0.267. The normalized spacial score (nSPS) is 16.6. The maximum Gasteiger partial charge on any atom is 0.119 e. The summed E-state index contributed by atoms with van der Waals surface area (Å²) in [6.07, 6.45) is 1.94. The van der Waals surface area contributed by atoms with Gasteiger partial charge in [0, 0.05) is 5.69 Å². The number of benzene rings is 2. The van der Waals surface area contributed by atoms with Crippen LogP contribution in [0, 0.1) is 6.92 Å². The molecule has 0 heterocycles. The molecule has 2 N–H and O–H groups in total. The number of nitrogens with one attached hydrogen (secondary N) is 1. The first-order valence-corrected chi connectivity index (χ1v) is 7.49. The maximum absolute atomic E-state index is 9.92. The second-order valence-corrected chi connectivity index (χ2v) is 5.49. The van der Waals surface area contributed by atoms with Gasteiger partial charge >= 0.3 is 0 Å². The van der Waals surface area contributed by atoms with Gasteiger partial charge in [0.05, 0.1) is 12.6 Å². The highest BCUT2D eigenvalue weighted by atomic mass is 16.5. The van der Waals surface area contributed by atoms with Crippen LogP contribution in [0.3, 0.4) is 0 Å². The van der Waals surface area contributed by atoms with Crippen molar-refractivity contribution in [2.75, 3.05) is 11.9 Å². The van der Waals surface area contributed by atoms with Crippen LogP contribution in [0.25, 0.3) is 0 Å². The number of hydrogen-bond donors (Lipinski definition) is 2. The molecule has 2 aromatic carbocycles. The zero-order valence-electron chi connectivity index (χ0n) is 12.5. The summed E-state index contributed by atoms with van der Waals surface area (Å²) in [7, 11) is 0. The molecule has 1 aliphatic carbocycles. The van der Waals surface area contributed by atoms with Crippen molar-refractivity contribution in [3.63, 3.8) is 0 Å². The highest BCUT2D eigenvalue weighted by Crippen LogP contribution is 2.38. The summed E-state index contributed by atoms with van der Waals surface area (Å²) in [6.45, 7) is 4.76. The summed E-state index contributed by atoms with van der Waals surface area (Å²) in [5, 5.41) is 13.5. The molecular formula is C18H21NO2. The highest BCUT2D eigenvalue weighted by molar-refractivity contribution is 5.57. The Kier molecular flexibility index (Phi) is 3.74. The number of fused-ring (bicyclic) bond motifs is 1. The lowest BCUT2D eigenvalue weighted by atomic mass is 10.1. The summed E-state index contributed by atoms with van der Waals surface area (Å²) >= 11 is 0. The van der Waals surface area contributed by atoms with E-state index in [0.29, 0.717) is 12.4 Å². The SMILES string of the molecule is CCOc1ccc(NC2CCc3c(O)cccc32)c(C)c1. The van der Waals surface area contributed by atoms with E-state index in [4.69, 9.17) is 4.74 Å². The van der Waals surface area contributed by atoms with Crippen LogP contribution in [0.5, 0.6) is 11.5 Å². The van der Waals surface area contributed by atoms with Gasteiger partial charge in [-0.15, -0.1) is 0 Å². The van der Waals surface area contributed by atoms with Crippen LogP contribution in [0.2, 0.25) is 0 Å². The van der Waals surface area contributed by atoms with E-state index in [0.717, 1.165) is 29.8 Å². The average Bonchev–Trinajstić information content (AvgIpc) is 2.87. The van der Waals surface area contributed by atoms with Crippen molar-refractivity contribution in [1.82, 2.24) is 0 Å². The lowest BCUT2D eigenvalue weighted by Crippen LogP contribution is -2.08. The summed E-state index contributed by atoms with van der Waals surface area (Å²) in [6, 6.07) is 12.2. The van der Waals surface area contributed by atoms with Gasteiger partial charge in [0.2, 0.25) is 0 Å². The van der Waals surface area contributed by atoms with Gasteiger partial charge < -0.3 is 15.2 Å². The summed E-state index contributed by atoms with van der Waals surface area (Å²) in [5.74, 6) is 1.32. The van der Waals surface area contributed by atoms with Crippen molar-refractivity contribution in [3.8, 4) is 11.5 Å². The molecule has 0 fully saturated rings. The molecule has 1 aliphatic rings. The van der Waals surface area contributed by atoms with Gasteiger partial charge in [0.15, 0.2) is 0 Å². The number of ether oxygens (including phenoxy) is 1. The van der Waals surface area contributed by atoms with Crippen molar-refractivity contribution in [3.05, 3.63) is 53.1 Å². The number of rotatable bonds is 4. The van der Waals surface area contributed by atoms with Crippen molar-refractivity contribution < 1.29 is 9.84 Å². The van der Waals surface area contributed by atoms with E-state index in [1.54, 1.807) is 6.07 Å². The van der Waals surface area contributed by atoms with E-state index < -0.39 is 0 Å². The summed E-state index contributed by atoms with van der Waals surface area (Å²) in [4.78, 5) is 0. The molecule has 0 aromatic heterocycles. The zero-order valence-corrected chi connectivity index (χ0v) is 12.5. The Labute approximate surface area is 125 Å². The minimum Gasteiger partial charge on any atom is -0.508 e. The predicted molar refractivity (Wildman–Crippen MR) is 85.1 cm³/mol. The van der Waals surface area contributed by atoms with Crippen LogP contribution >= 0.6 is 0 Å². The van der Waals surface area contributed by atoms with Crippen LogP contribution in [-0.2, 0) is 6.42 Å². The Morgan fingerprint density at radius 2 is 2.14 bits per heavy atom. The van der Waals surface area contributed by atoms with E-state index in [-0.39, 0.29) is 6.04 Å². The smallest absolute Gasteiger partial charge is 0.119 e. The predicted octanol–water partition coefficient (Wildman–Crippen LogP) is 4.20. The number of phenolic OH excluding ortho intramolecular Hbond substituents is 1. The molecule has 3 rings (SSSR count). The zero-order chi connectivity index (χ0) is 14.8. The average molecular weight is 283 g/mol. The third-order valence-electron chi connectivity index (χ3n) is 4.08. The molecular weight excluding hydrogens is 262 g/mol. The second kappa shape index (κ2) is 5.68. The lowest BCUT2D eigenvalue weighted by Gasteiger charge is -2.18. The Bertz CT molecular complexity index is 652. The van der Waals surface area contributed by atoms with E-state index in [9.17, 15) is 5.11 Å². The van der Waals surface area contributed by atoms with Crippen molar-refractivity contribution in [2.45, 2.75) is 32.7 Å². The molecule has 3 nitrogen and oxygen atoms in total. The molecule has 1 atom stereocenters. The van der Waals surface area contributed by atoms with Crippen molar-refractivity contribution in [1.29, 1.82) is 0 Å². The van der Waals surface area contributed by atoms with Gasteiger partial charge in [0.1, 0.15) is 11.5 Å². The lowest BCUT2D eigenvalue weighted by molar-refractivity contribution is 0.340. The molecule has 110 valence electrons. The van der Waals surface area contributed by atoms with Gasteiger partial charge in [-0.05, 0) is 67.6 Å². The van der Waals surface area contributed by atoms with Crippen molar-refractivity contribution >= 4 is 5.69 Å². The van der Waals surface area contributed by atoms with E-state index in [2.05, 4.69) is 30.4 Å². The molecule has 21 heavy (non-hydrogen) atoms. The summed E-state index contributed by atoms with van der Waals surface area (Å²) < 4.78 is 5.52. The largest absolute Gasteiger partial charge is 0.508 e. The van der Waals surface area contributed by atoms with Gasteiger partial charge in [0.25, 0.3) is 0 Å². The molecule has 0 bridgehead atoms. The fourth-order valence-electron chi connectivity index (χ4n) is 3.03. The molecule has 0 amide bonds. The quantitative estimate of drug-likeness (QED) is 0.883. The molecule has 0 radical (unpaired) electrons. The van der Waals surface area contributed by atoms with E-state index in [1.165, 1.54) is 11.1 Å². The Hall–Kier alpha value is -2.16. The monoisotopic (exact) mass is 283 g/mol. The van der Waals surface area contributed by atoms with Crippen LogP contribution in [0.15, 0.2) is 36.4 Å². The van der Waals surface area contributed by atoms with Crippen molar-refractivity contribution in [2.24, 2.45) is 0 Å². The molecule has 2 aromatic rings. The van der Waals surface area contributed by atoms with E-state index in [1.807, 2.05) is 19.1 Å². The number of aryl methyl sites for hydroxylation is 1. The fraction of sp³-hybridized carbons (Fsp3) is 0.333. The Morgan fingerprint density at radius 1 is 1.29 bits per heavy atom. The minimum atomic E-state index is 0.267. The van der Waals surface area contributed by atoms with Crippen LogP contribution < -0.4 is 10.1 Å². The van der Waals surface area contributed by atoms with Crippen LogP contribution in [0.4, 0.5) is 5.69 Å². The second-order valence-electron chi connectivity index (χ2n) is 5.49. The number of aromatic hydroxyl groups is 1. The molecule has 0 saturated heterocycles. The molecule has 1 unspecified atom stereocenters. The molecule has 0 aliphatic heterocycles. The number of anilines is 1. The first-order chi connectivity index (χ1) is 10.2. The summed E-state index contributed by atoms with van der Waals surface area (Å²) in [5.41, 5.74) is 4.59. The third-order valence-corrected chi connectivity index (χ3v) is 4.08. The topological polar surface area (TPSA) is 41.5 Å². The number of phenols is 1. The Balaban J connectivity index is 1.81. The third kappa shape index (κ3) is 2.68. The molecule has 0 saturated carbocycles. The standard InChI is InChI=1S/C18H21NO2/c1-3-21-13-7-9-16(12(2)11-13)19-17-10-8-15-14(17)5-4-6-18(15)20/h4-7,9,11,17,19-20H,3,8,10H2,1-2H3. The van der Waals surface area contributed by atoms with Crippen LogP contribution in [-0.4, -0.2) is 11.7 Å². The molecule has 0 spiro atoms. The van der Waals surface area contributed by atoms with Gasteiger partial charge in [-0.25, -0.2) is 0 Å². The van der Waals surface area contributed by atoms with Gasteiger partial charge in [-0.2, -0.15) is 0 Å². The molecule has 3 heteroatoms. The van der Waals surface area contributed by atoms with Gasteiger partial charge in [-0.1, -0.05) is 12.1 Å². The van der Waals surface area contributed by atoms with Gasteiger partial charge in [-0.3, -0.25) is 0 Å². The first-order valence-electron chi connectivity index (χ1n) is 7.49. The van der Waals surface area contributed by atoms with Crippen LogP contribution in [0.1, 0.15) is 36.1 Å². The Morgan fingerprint density at radius 3 is 2.90 bits per heavy atom. The number of hydrogen-bond acceptors (Lipinski definition) is 3. The fourth-order valence-corrected chi connectivity index (χ4v) is 3.03. The van der Waals surface area contributed by atoms with E-state index >= 15 is 0 Å².